The van der Waals surface area contributed by atoms with Crippen molar-refractivity contribution in [2.75, 3.05) is 6.61 Å². The molecule has 24 heavy (non-hydrogen) atoms. The number of carbonyl (C=O) groups excluding carboxylic acids is 1. The number of aromatic nitrogens is 2. The van der Waals surface area contributed by atoms with Crippen LogP contribution in [0.25, 0.3) is 5.69 Å². The molecule has 0 bridgehead atoms. The van der Waals surface area contributed by atoms with Crippen molar-refractivity contribution in [1.29, 1.82) is 0 Å². The first-order valence-corrected chi connectivity index (χ1v) is 7.80. The molecular formula is C19H18N2O3. The van der Waals surface area contributed by atoms with E-state index in [-0.39, 0.29) is 17.9 Å². The zero-order valence-electron chi connectivity index (χ0n) is 13.4. The summed E-state index contributed by atoms with van der Waals surface area (Å²) >= 11 is 0. The highest BCUT2D eigenvalue weighted by Gasteiger charge is 2.12. The minimum Gasteiger partial charge on any atom is -0.461 e. The van der Waals surface area contributed by atoms with Crippen molar-refractivity contribution in [3.8, 4) is 5.69 Å². The maximum Gasteiger partial charge on any atom is 0.356 e. The lowest BCUT2D eigenvalue weighted by molar-refractivity contribution is 0.0519. The Labute approximate surface area is 139 Å². The van der Waals surface area contributed by atoms with Gasteiger partial charge in [-0.3, -0.25) is 9.89 Å². The van der Waals surface area contributed by atoms with Crippen LogP contribution in [-0.4, -0.2) is 22.4 Å². The molecule has 3 rings (SSSR count). The van der Waals surface area contributed by atoms with E-state index in [4.69, 9.17) is 4.74 Å². The highest BCUT2D eigenvalue weighted by atomic mass is 16.5. The van der Waals surface area contributed by atoms with Crippen LogP contribution in [0.15, 0.2) is 65.5 Å². The minimum atomic E-state index is -0.533. The maximum atomic E-state index is 12.0. The minimum absolute atomic E-state index is 0.148. The summed E-state index contributed by atoms with van der Waals surface area (Å²) < 4.78 is 6.23. The molecule has 0 saturated carbocycles. The van der Waals surface area contributed by atoms with Gasteiger partial charge in [0.1, 0.15) is 5.69 Å². The number of H-pyrrole nitrogens is 1. The van der Waals surface area contributed by atoms with Gasteiger partial charge in [-0.15, -0.1) is 0 Å². The summed E-state index contributed by atoms with van der Waals surface area (Å²) in [6.45, 7) is 1.98. The van der Waals surface area contributed by atoms with Crippen LogP contribution in [0, 0.1) is 0 Å². The van der Waals surface area contributed by atoms with Crippen LogP contribution in [0.4, 0.5) is 0 Å². The second-order valence-corrected chi connectivity index (χ2v) is 5.39. The molecule has 5 nitrogen and oxygen atoms in total. The van der Waals surface area contributed by atoms with Gasteiger partial charge in [0.2, 0.25) is 0 Å². The predicted molar refractivity (Wildman–Crippen MR) is 91.6 cm³/mol. The molecule has 1 heterocycles. The number of hydrogen-bond donors (Lipinski definition) is 1. The number of ether oxygens (including phenoxy) is 1. The van der Waals surface area contributed by atoms with Crippen LogP contribution >= 0.6 is 0 Å². The molecule has 0 spiro atoms. The van der Waals surface area contributed by atoms with Crippen LogP contribution in [0.5, 0.6) is 0 Å². The van der Waals surface area contributed by atoms with Gasteiger partial charge in [0.05, 0.1) is 12.3 Å². The topological polar surface area (TPSA) is 64.1 Å². The van der Waals surface area contributed by atoms with Crippen molar-refractivity contribution < 1.29 is 9.53 Å². The third kappa shape index (κ3) is 3.46. The summed E-state index contributed by atoms with van der Waals surface area (Å²) in [6.07, 6.45) is 0.828. The van der Waals surface area contributed by atoms with E-state index in [0.29, 0.717) is 5.69 Å². The zero-order chi connectivity index (χ0) is 16.9. The largest absolute Gasteiger partial charge is 0.461 e. The summed E-state index contributed by atoms with van der Waals surface area (Å²) in [5.41, 5.74) is 2.90. The Morgan fingerprint density at radius 2 is 1.71 bits per heavy atom. The van der Waals surface area contributed by atoms with Crippen molar-refractivity contribution in [3.05, 3.63) is 87.8 Å². The van der Waals surface area contributed by atoms with E-state index in [9.17, 15) is 9.59 Å². The van der Waals surface area contributed by atoms with Gasteiger partial charge in [0, 0.05) is 6.07 Å². The Morgan fingerprint density at radius 3 is 2.38 bits per heavy atom. The number of esters is 1. The van der Waals surface area contributed by atoms with Crippen molar-refractivity contribution in [3.63, 3.8) is 0 Å². The average Bonchev–Trinajstić information content (AvgIpc) is 2.99. The molecule has 1 aromatic heterocycles. The fourth-order valence-electron chi connectivity index (χ4n) is 2.50. The van der Waals surface area contributed by atoms with E-state index in [1.807, 2.05) is 42.5 Å². The summed E-state index contributed by atoms with van der Waals surface area (Å²) in [5, 5.41) is 2.78. The van der Waals surface area contributed by atoms with E-state index >= 15 is 0 Å². The van der Waals surface area contributed by atoms with Gasteiger partial charge in [-0.1, -0.05) is 42.5 Å². The molecule has 0 radical (unpaired) electrons. The highest BCUT2D eigenvalue weighted by Crippen LogP contribution is 2.12. The quantitative estimate of drug-likeness (QED) is 0.735. The summed E-state index contributed by atoms with van der Waals surface area (Å²) in [6, 6.07) is 19.1. The summed E-state index contributed by atoms with van der Waals surface area (Å²) in [7, 11) is 0. The molecule has 0 atom stereocenters. The third-order valence-corrected chi connectivity index (χ3v) is 3.66. The number of hydrogen-bond acceptors (Lipinski definition) is 3. The molecule has 0 unspecified atom stereocenters. The number of aromatic amines is 1. The SMILES string of the molecule is CCOC(=O)c1cc(=O)n(-c2ccc(Cc3ccccc3)cc2)[nH]1. The summed E-state index contributed by atoms with van der Waals surface area (Å²) in [5.74, 6) is -0.533. The first-order chi connectivity index (χ1) is 11.7. The Morgan fingerprint density at radius 1 is 1.04 bits per heavy atom. The van der Waals surface area contributed by atoms with Gasteiger partial charge in [-0.25, -0.2) is 9.48 Å². The molecule has 0 saturated heterocycles. The second-order valence-electron chi connectivity index (χ2n) is 5.39. The van der Waals surface area contributed by atoms with Crippen LogP contribution < -0.4 is 5.56 Å². The molecule has 5 heteroatoms. The van der Waals surface area contributed by atoms with Gasteiger partial charge >= 0.3 is 5.97 Å². The lowest BCUT2D eigenvalue weighted by Gasteiger charge is -2.05. The van der Waals surface area contributed by atoms with E-state index in [2.05, 4.69) is 17.2 Å². The number of nitrogens with one attached hydrogen (secondary N) is 1. The number of nitrogens with zero attached hydrogens (tertiary/aromatic N) is 1. The first kappa shape index (κ1) is 15.8. The first-order valence-electron chi connectivity index (χ1n) is 7.80. The molecule has 0 aliphatic rings. The number of benzene rings is 2. The maximum absolute atomic E-state index is 12.0. The monoisotopic (exact) mass is 322 g/mol. The fourth-order valence-corrected chi connectivity index (χ4v) is 2.50. The van der Waals surface area contributed by atoms with Gasteiger partial charge < -0.3 is 4.74 Å². The van der Waals surface area contributed by atoms with Crippen LogP contribution in [0.3, 0.4) is 0 Å². The van der Waals surface area contributed by atoms with Gasteiger partial charge in [-0.05, 0) is 36.6 Å². The number of carbonyl (C=O) groups is 1. The fraction of sp³-hybridized carbons (Fsp3) is 0.158. The van der Waals surface area contributed by atoms with Crippen molar-refractivity contribution >= 4 is 5.97 Å². The van der Waals surface area contributed by atoms with Gasteiger partial charge in [0.15, 0.2) is 0 Å². The zero-order valence-corrected chi connectivity index (χ0v) is 13.4. The van der Waals surface area contributed by atoms with Crippen molar-refractivity contribution in [2.45, 2.75) is 13.3 Å². The predicted octanol–water partition coefficient (Wildman–Crippen LogP) is 2.93. The van der Waals surface area contributed by atoms with E-state index in [0.717, 1.165) is 12.0 Å². The van der Waals surface area contributed by atoms with Crippen molar-refractivity contribution in [1.82, 2.24) is 9.78 Å². The third-order valence-electron chi connectivity index (χ3n) is 3.66. The van der Waals surface area contributed by atoms with Crippen LogP contribution in [-0.2, 0) is 11.2 Å². The molecule has 122 valence electrons. The molecule has 0 amide bonds. The smallest absolute Gasteiger partial charge is 0.356 e. The molecule has 2 aromatic carbocycles. The standard InChI is InChI=1S/C19H18N2O3/c1-2-24-19(23)17-13-18(22)21(20-17)16-10-8-15(9-11-16)12-14-6-4-3-5-7-14/h3-11,13,20H,2,12H2,1H3. The number of rotatable bonds is 5. The lowest BCUT2D eigenvalue weighted by atomic mass is 10.1. The highest BCUT2D eigenvalue weighted by molar-refractivity contribution is 5.87. The van der Waals surface area contributed by atoms with Crippen LogP contribution in [0.1, 0.15) is 28.5 Å². The van der Waals surface area contributed by atoms with Gasteiger partial charge in [-0.2, -0.15) is 0 Å². The second kappa shape index (κ2) is 7.00. The van der Waals surface area contributed by atoms with E-state index < -0.39 is 5.97 Å². The summed E-state index contributed by atoms with van der Waals surface area (Å²) in [4.78, 5) is 23.7. The molecule has 0 aliphatic heterocycles. The van der Waals surface area contributed by atoms with E-state index in [1.54, 1.807) is 6.92 Å². The average molecular weight is 322 g/mol. The lowest BCUT2D eigenvalue weighted by Crippen LogP contribution is -2.13. The normalized spacial score (nSPS) is 10.5. The van der Waals surface area contributed by atoms with E-state index in [1.165, 1.54) is 16.3 Å². The Hall–Kier alpha value is -3.08. The van der Waals surface area contributed by atoms with Crippen LogP contribution in [0.2, 0.25) is 0 Å². The molecular weight excluding hydrogens is 304 g/mol. The van der Waals surface area contributed by atoms with Crippen molar-refractivity contribution in [2.24, 2.45) is 0 Å². The molecule has 0 aliphatic carbocycles. The van der Waals surface area contributed by atoms with Gasteiger partial charge in [0.25, 0.3) is 5.56 Å². The molecule has 0 fully saturated rings. The Kier molecular flexibility index (Phi) is 4.61. The Balaban J connectivity index is 1.81. The molecule has 1 N–H and O–H groups in total. The molecule has 3 aromatic rings. The Bertz CT molecular complexity index is 877.